The number of esters is 1. The highest BCUT2D eigenvalue weighted by atomic mass is 16.5. The van der Waals surface area contributed by atoms with Gasteiger partial charge in [-0.3, -0.25) is 4.79 Å². The van der Waals surface area contributed by atoms with Crippen LogP contribution in [0.4, 0.5) is 0 Å². The quantitative estimate of drug-likeness (QED) is 0.626. The maximum absolute atomic E-state index is 11.1. The summed E-state index contributed by atoms with van der Waals surface area (Å²) in [6.07, 6.45) is 0.743. The molecule has 0 aliphatic heterocycles. The van der Waals surface area contributed by atoms with E-state index in [1.807, 2.05) is 13.8 Å². The maximum Gasteiger partial charge on any atom is 0.307 e. The zero-order valence-corrected chi connectivity index (χ0v) is 10.1. The molecule has 2 N–H and O–H groups in total. The van der Waals surface area contributed by atoms with E-state index in [0.717, 1.165) is 0 Å². The van der Waals surface area contributed by atoms with Gasteiger partial charge in [-0.15, -0.1) is 0 Å². The van der Waals surface area contributed by atoms with Crippen molar-refractivity contribution in [3.63, 3.8) is 0 Å². The van der Waals surface area contributed by atoms with Gasteiger partial charge in [0.15, 0.2) is 0 Å². The predicted molar refractivity (Wildman–Crippen MR) is 59.6 cm³/mol. The van der Waals surface area contributed by atoms with Crippen LogP contribution in [-0.4, -0.2) is 35.9 Å². The van der Waals surface area contributed by atoms with Gasteiger partial charge in [0.05, 0.1) is 19.1 Å². The van der Waals surface area contributed by atoms with Crippen molar-refractivity contribution in [1.82, 2.24) is 5.32 Å². The van der Waals surface area contributed by atoms with Crippen LogP contribution >= 0.6 is 0 Å². The van der Waals surface area contributed by atoms with Gasteiger partial charge in [-0.2, -0.15) is 0 Å². The lowest BCUT2D eigenvalue weighted by Crippen LogP contribution is -2.37. The molecule has 3 unspecified atom stereocenters. The van der Waals surface area contributed by atoms with E-state index in [0.29, 0.717) is 19.4 Å². The van der Waals surface area contributed by atoms with E-state index in [2.05, 4.69) is 5.32 Å². The highest BCUT2D eigenvalue weighted by Crippen LogP contribution is 2.01. The minimum Gasteiger partial charge on any atom is -0.466 e. The molecule has 0 saturated heterocycles. The molecule has 0 rings (SSSR count). The number of aliphatic hydroxyl groups is 1. The zero-order chi connectivity index (χ0) is 11.8. The summed E-state index contributed by atoms with van der Waals surface area (Å²) >= 11 is 0. The standard InChI is InChI=1S/C11H23NO3/c1-5-15-11(14)7-9(3)12-8(2)6-10(4)13/h8-10,12-13H,5-7H2,1-4H3. The van der Waals surface area contributed by atoms with Crippen molar-refractivity contribution >= 4 is 5.97 Å². The van der Waals surface area contributed by atoms with Gasteiger partial charge in [-0.25, -0.2) is 0 Å². The van der Waals surface area contributed by atoms with Crippen molar-refractivity contribution in [2.24, 2.45) is 0 Å². The number of nitrogens with one attached hydrogen (secondary N) is 1. The molecular formula is C11H23NO3. The topological polar surface area (TPSA) is 58.6 Å². The molecule has 0 spiro atoms. The van der Waals surface area contributed by atoms with Gasteiger partial charge in [-0.05, 0) is 34.1 Å². The Labute approximate surface area is 92.0 Å². The van der Waals surface area contributed by atoms with Gasteiger partial charge in [0.2, 0.25) is 0 Å². The highest BCUT2D eigenvalue weighted by molar-refractivity contribution is 5.69. The molecule has 90 valence electrons. The molecule has 0 aromatic carbocycles. The molecule has 0 amide bonds. The molecule has 0 aliphatic carbocycles. The molecule has 0 radical (unpaired) electrons. The van der Waals surface area contributed by atoms with Crippen molar-refractivity contribution in [3.8, 4) is 0 Å². The minimum absolute atomic E-state index is 0.0813. The lowest BCUT2D eigenvalue weighted by molar-refractivity contribution is -0.143. The number of rotatable bonds is 7. The van der Waals surface area contributed by atoms with Crippen molar-refractivity contribution in [3.05, 3.63) is 0 Å². The number of aliphatic hydroxyl groups excluding tert-OH is 1. The van der Waals surface area contributed by atoms with Gasteiger partial charge < -0.3 is 15.2 Å². The van der Waals surface area contributed by atoms with Gasteiger partial charge in [-0.1, -0.05) is 0 Å². The first-order valence-electron chi connectivity index (χ1n) is 5.55. The van der Waals surface area contributed by atoms with Gasteiger partial charge in [0, 0.05) is 12.1 Å². The number of hydrogen-bond donors (Lipinski definition) is 2. The predicted octanol–water partition coefficient (Wildman–Crippen LogP) is 1.08. The van der Waals surface area contributed by atoms with E-state index < -0.39 is 0 Å². The van der Waals surface area contributed by atoms with Crippen molar-refractivity contribution in [2.75, 3.05) is 6.61 Å². The summed E-state index contributed by atoms with van der Waals surface area (Å²) in [5.74, 6) is -0.179. The summed E-state index contributed by atoms with van der Waals surface area (Å²) in [4.78, 5) is 11.1. The van der Waals surface area contributed by atoms with Crippen molar-refractivity contribution in [1.29, 1.82) is 0 Å². The maximum atomic E-state index is 11.1. The number of hydrogen-bond acceptors (Lipinski definition) is 4. The molecule has 0 fully saturated rings. The minimum atomic E-state index is -0.317. The molecule has 0 bridgehead atoms. The van der Waals surface area contributed by atoms with Gasteiger partial charge in [0.25, 0.3) is 0 Å². The smallest absolute Gasteiger partial charge is 0.307 e. The monoisotopic (exact) mass is 217 g/mol. The normalized spacial score (nSPS) is 16.9. The van der Waals surface area contributed by atoms with E-state index in [4.69, 9.17) is 4.74 Å². The Morgan fingerprint density at radius 3 is 2.40 bits per heavy atom. The molecule has 0 saturated carbocycles. The fourth-order valence-electron chi connectivity index (χ4n) is 1.59. The SMILES string of the molecule is CCOC(=O)CC(C)NC(C)CC(C)O. The zero-order valence-electron chi connectivity index (χ0n) is 10.1. The average Bonchev–Trinajstić information content (AvgIpc) is 2.00. The second-order valence-electron chi connectivity index (χ2n) is 4.06. The Bertz CT molecular complexity index is 183. The molecule has 4 nitrogen and oxygen atoms in total. The van der Waals surface area contributed by atoms with Crippen LogP contribution in [0.3, 0.4) is 0 Å². The number of carbonyl (C=O) groups excluding carboxylic acids is 1. The molecule has 0 aromatic rings. The first kappa shape index (κ1) is 14.4. The summed E-state index contributed by atoms with van der Waals surface area (Å²) in [7, 11) is 0. The Hall–Kier alpha value is -0.610. The van der Waals surface area contributed by atoms with E-state index in [1.54, 1.807) is 13.8 Å². The van der Waals surface area contributed by atoms with E-state index in [1.165, 1.54) is 0 Å². The first-order valence-corrected chi connectivity index (χ1v) is 5.55. The van der Waals surface area contributed by atoms with Crippen LogP contribution in [0.15, 0.2) is 0 Å². The fourth-order valence-corrected chi connectivity index (χ4v) is 1.59. The lowest BCUT2D eigenvalue weighted by atomic mass is 10.1. The van der Waals surface area contributed by atoms with E-state index in [9.17, 15) is 9.90 Å². The summed E-state index contributed by atoms with van der Waals surface area (Å²) in [6, 6.07) is 0.284. The van der Waals surface area contributed by atoms with Crippen molar-refractivity contribution < 1.29 is 14.6 Å². The number of ether oxygens (including phenoxy) is 1. The van der Waals surface area contributed by atoms with Crippen LogP contribution in [0.25, 0.3) is 0 Å². The third-order valence-electron chi connectivity index (χ3n) is 2.04. The molecule has 4 heteroatoms. The van der Waals surface area contributed by atoms with Crippen LogP contribution in [0.5, 0.6) is 0 Å². The Balaban J connectivity index is 3.72. The Kier molecular flexibility index (Phi) is 7.34. The second-order valence-corrected chi connectivity index (χ2v) is 4.06. The van der Waals surface area contributed by atoms with Crippen molar-refractivity contribution in [2.45, 2.75) is 58.7 Å². The molecular weight excluding hydrogens is 194 g/mol. The van der Waals surface area contributed by atoms with Gasteiger partial charge >= 0.3 is 5.97 Å². The lowest BCUT2D eigenvalue weighted by Gasteiger charge is -2.20. The largest absolute Gasteiger partial charge is 0.466 e. The van der Waals surface area contributed by atoms with E-state index in [-0.39, 0.29) is 24.2 Å². The Morgan fingerprint density at radius 1 is 1.33 bits per heavy atom. The summed E-state index contributed by atoms with van der Waals surface area (Å²) in [5.41, 5.74) is 0. The fraction of sp³-hybridized carbons (Fsp3) is 0.909. The second kappa shape index (κ2) is 7.65. The van der Waals surface area contributed by atoms with Crippen LogP contribution in [0.1, 0.15) is 40.5 Å². The average molecular weight is 217 g/mol. The highest BCUT2D eigenvalue weighted by Gasteiger charge is 2.13. The number of carbonyl (C=O) groups is 1. The third-order valence-corrected chi connectivity index (χ3v) is 2.04. The van der Waals surface area contributed by atoms with E-state index >= 15 is 0 Å². The molecule has 15 heavy (non-hydrogen) atoms. The van der Waals surface area contributed by atoms with Gasteiger partial charge in [0.1, 0.15) is 0 Å². The molecule has 0 heterocycles. The molecule has 0 aliphatic rings. The third kappa shape index (κ3) is 8.39. The summed E-state index contributed by atoms with van der Waals surface area (Å²) < 4.78 is 4.85. The molecule has 3 atom stereocenters. The summed E-state index contributed by atoms with van der Waals surface area (Å²) in [6.45, 7) is 7.92. The van der Waals surface area contributed by atoms with Crippen LogP contribution < -0.4 is 5.32 Å². The van der Waals surface area contributed by atoms with Crippen LogP contribution in [0, 0.1) is 0 Å². The van der Waals surface area contributed by atoms with Crippen LogP contribution in [0.2, 0.25) is 0 Å². The molecule has 0 aromatic heterocycles. The first-order chi connectivity index (χ1) is 6.95. The summed E-state index contributed by atoms with van der Waals surface area (Å²) in [5, 5.41) is 12.4. The van der Waals surface area contributed by atoms with Crippen LogP contribution in [-0.2, 0) is 9.53 Å². The Morgan fingerprint density at radius 2 is 1.93 bits per heavy atom.